The average Bonchev–Trinajstić information content (AvgIpc) is 2.75. The van der Waals surface area contributed by atoms with Crippen LogP contribution in [-0.4, -0.2) is 35.5 Å². The topological polar surface area (TPSA) is 51.0 Å². The van der Waals surface area contributed by atoms with Gasteiger partial charge in [0.25, 0.3) is 0 Å². The van der Waals surface area contributed by atoms with Crippen molar-refractivity contribution in [2.24, 2.45) is 10.8 Å². The molecule has 0 aromatic carbocycles. The minimum Gasteiger partial charge on any atom is -0.444 e. The van der Waals surface area contributed by atoms with E-state index in [9.17, 15) is 9.59 Å². The first-order valence-corrected chi connectivity index (χ1v) is 7.61. The van der Waals surface area contributed by atoms with Crippen molar-refractivity contribution in [2.75, 3.05) is 13.1 Å². The highest BCUT2D eigenvalue weighted by atomic mass is 16.6. The summed E-state index contributed by atoms with van der Waals surface area (Å²) in [6.45, 7) is 17.6. The molecule has 120 valence electrons. The van der Waals surface area contributed by atoms with Crippen LogP contribution in [0, 0.1) is 17.4 Å². The van der Waals surface area contributed by atoms with Crippen LogP contribution in [0.1, 0.15) is 47.5 Å². The standard InChI is InChI=1S/C17H24N2O3/c1-15(2,3)22-14(21)19-8-7-17(11-19)9-12(18-6)13(20)16(4,5)10-17/h9H,7-8,10-11H2,1-5H3. The average molecular weight is 304 g/mol. The highest BCUT2D eigenvalue weighted by Crippen LogP contribution is 2.48. The first-order valence-electron chi connectivity index (χ1n) is 7.61. The van der Waals surface area contributed by atoms with Gasteiger partial charge in [-0.2, -0.15) is 0 Å². The maximum Gasteiger partial charge on any atom is 0.410 e. The zero-order valence-electron chi connectivity index (χ0n) is 14.0. The van der Waals surface area contributed by atoms with Crippen molar-refractivity contribution >= 4 is 11.9 Å². The summed E-state index contributed by atoms with van der Waals surface area (Å²) in [5, 5.41) is 0. The van der Waals surface area contributed by atoms with Crippen molar-refractivity contribution in [2.45, 2.75) is 53.1 Å². The molecule has 2 rings (SSSR count). The van der Waals surface area contributed by atoms with Crippen molar-refractivity contribution in [1.29, 1.82) is 0 Å². The second kappa shape index (κ2) is 5.12. The molecule has 0 radical (unpaired) electrons. The van der Waals surface area contributed by atoms with Gasteiger partial charge in [-0.1, -0.05) is 19.9 Å². The van der Waals surface area contributed by atoms with Crippen molar-refractivity contribution in [1.82, 2.24) is 4.90 Å². The Bertz CT molecular complexity index is 578. The van der Waals surface area contributed by atoms with E-state index in [1.54, 1.807) is 11.0 Å². The summed E-state index contributed by atoms with van der Waals surface area (Å²) in [5.41, 5.74) is -1.15. The van der Waals surface area contributed by atoms with Crippen molar-refractivity contribution in [3.63, 3.8) is 0 Å². The van der Waals surface area contributed by atoms with E-state index in [4.69, 9.17) is 11.3 Å². The molecule has 5 nitrogen and oxygen atoms in total. The fourth-order valence-corrected chi connectivity index (χ4v) is 3.44. The maximum atomic E-state index is 12.2. The summed E-state index contributed by atoms with van der Waals surface area (Å²) in [5.74, 6) is -0.0937. The third kappa shape index (κ3) is 3.16. The van der Waals surface area contributed by atoms with E-state index >= 15 is 0 Å². The molecule has 1 fully saturated rings. The molecule has 0 aromatic rings. The summed E-state index contributed by atoms with van der Waals surface area (Å²) >= 11 is 0. The Hall–Kier alpha value is -1.83. The highest BCUT2D eigenvalue weighted by molar-refractivity contribution is 6.02. The molecule has 22 heavy (non-hydrogen) atoms. The number of Topliss-reactive ketones (excluding diaryl/α,β-unsaturated/α-hetero) is 1. The van der Waals surface area contributed by atoms with E-state index in [1.165, 1.54) is 0 Å². The molecule has 1 aliphatic carbocycles. The number of rotatable bonds is 0. The van der Waals surface area contributed by atoms with E-state index in [1.807, 2.05) is 34.6 Å². The van der Waals surface area contributed by atoms with Gasteiger partial charge in [0.05, 0.1) is 6.57 Å². The van der Waals surface area contributed by atoms with Gasteiger partial charge in [-0.05, 0) is 39.0 Å². The predicted octanol–water partition coefficient (Wildman–Crippen LogP) is 3.42. The summed E-state index contributed by atoms with van der Waals surface area (Å²) in [4.78, 5) is 29.5. The number of ketones is 1. The quantitative estimate of drug-likeness (QED) is 0.644. The van der Waals surface area contributed by atoms with Crippen molar-refractivity contribution in [3.05, 3.63) is 23.2 Å². The van der Waals surface area contributed by atoms with Gasteiger partial charge < -0.3 is 14.4 Å². The largest absolute Gasteiger partial charge is 0.444 e. The van der Waals surface area contributed by atoms with Gasteiger partial charge >= 0.3 is 6.09 Å². The van der Waals surface area contributed by atoms with Crippen LogP contribution in [0.4, 0.5) is 4.79 Å². The molecule has 2 aliphatic rings. The van der Waals surface area contributed by atoms with Gasteiger partial charge in [-0.15, -0.1) is 0 Å². The number of nitrogens with zero attached hydrogens (tertiary/aromatic N) is 2. The lowest BCUT2D eigenvalue weighted by atomic mass is 9.65. The molecular weight excluding hydrogens is 280 g/mol. The van der Waals surface area contributed by atoms with Gasteiger partial charge in [0.2, 0.25) is 5.70 Å². The molecule has 0 N–H and O–H groups in total. The Labute approximate surface area is 132 Å². The third-order valence-electron chi connectivity index (χ3n) is 4.24. The molecule has 1 unspecified atom stereocenters. The molecule has 1 aliphatic heterocycles. The first-order chi connectivity index (χ1) is 9.98. The van der Waals surface area contributed by atoms with Gasteiger partial charge in [0, 0.05) is 18.5 Å². The summed E-state index contributed by atoms with van der Waals surface area (Å²) in [6, 6.07) is 0. The maximum absolute atomic E-state index is 12.2. The van der Waals surface area contributed by atoms with Crippen LogP contribution in [0.5, 0.6) is 0 Å². The smallest absolute Gasteiger partial charge is 0.410 e. The third-order valence-corrected chi connectivity index (χ3v) is 4.24. The van der Waals surface area contributed by atoms with E-state index in [-0.39, 0.29) is 23.0 Å². The molecular formula is C17H24N2O3. The minimum absolute atomic E-state index is 0.0937. The number of ether oxygens (including phenoxy) is 1. The highest BCUT2D eigenvalue weighted by Gasteiger charge is 2.49. The fourth-order valence-electron chi connectivity index (χ4n) is 3.44. The predicted molar refractivity (Wildman–Crippen MR) is 82.9 cm³/mol. The molecule has 0 aromatic heterocycles. The van der Waals surface area contributed by atoms with Gasteiger partial charge in [-0.25, -0.2) is 9.64 Å². The van der Waals surface area contributed by atoms with E-state index in [0.717, 1.165) is 6.42 Å². The number of hydrogen-bond acceptors (Lipinski definition) is 3. The second-order valence-electron chi connectivity index (χ2n) is 8.05. The lowest BCUT2D eigenvalue weighted by Crippen LogP contribution is -2.41. The van der Waals surface area contributed by atoms with E-state index in [2.05, 4.69) is 4.85 Å². The number of hydrogen-bond donors (Lipinski definition) is 0. The Morgan fingerprint density at radius 1 is 1.41 bits per heavy atom. The van der Waals surface area contributed by atoms with Crippen LogP contribution < -0.4 is 0 Å². The van der Waals surface area contributed by atoms with Crippen molar-refractivity contribution in [3.8, 4) is 0 Å². The second-order valence-corrected chi connectivity index (χ2v) is 8.05. The number of carbonyl (C=O) groups excluding carboxylic acids is 2. The number of likely N-dealkylation sites (tertiary alicyclic amines) is 1. The summed E-state index contributed by atoms with van der Waals surface area (Å²) in [7, 11) is 0. The number of carbonyl (C=O) groups is 2. The monoisotopic (exact) mass is 304 g/mol. The Balaban J connectivity index is 2.21. The lowest BCUT2D eigenvalue weighted by molar-refractivity contribution is -0.125. The lowest BCUT2D eigenvalue weighted by Gasteiger charge is -2.39. The van der Waals surface area contributed by atoms with Gasteiger partial charge in [0.15, 0.2) is 5.78 Å². The van der Waals surface area contributed by atoms with Gasteiger partial charge in [-0.3, -0.25) is 0 Å². The van der Waals surface area contributed by atoms with Crippen LogP contribution in [0.15, 0.2) is 11.8 Å². The van der Waals surface area contributed by atoms with Crippen LogP contribution in [0.3, 0.4) is 0 Å². The van der Waals surface area contributed by atoms with E-state index < -0.39 is 11.0 Å². The normalized spacial score (nSPS) is 27.5. The molecule has 1 saturated heterocycles. The first kappa shape index (κ1) is 16.5. The Morgan fingerprint density at radius 3 is 2.59 bits per heavy atom. The molecule has 1 atom stereocenters. The number of amides is 1. The van der Waals surface area contributed by atoms with Crippen LogP contribution in [0.25, 0.3) is 4.85 Å². The van der Waals surface area contributed by atoms with Crippen LogP contribution in [0.2, 0.25) is 0 Å². The summed E-state index contributed by atoms with van der Waals surface area (Å²) < 4.78 is 5.42. The van der Waals surface area contributed by atoms with E-state index in [0.29, 0.717) is 19.5 Å². The molecule has 0 saturated carbocycles. The molecule has 1 amide bonds. The Kier molecular flexibility index (Phi) is 3.85. The van der Waals surface area contributed by atoms with Crippen molar-refractivity contribution < 1.29 is 14.3 Å². The summed E-state index contributed by atoms with van der Waals surface area (Å²) in [6.07, 6.45) is 2.90. The van der Waals surface area contributed by atoms with Crippen LogP contribution in [-0.2, 0) is 9.53 Å². The Morgan fingerprint density at radius 2 is 2.05 bits per heavy atom. The minimum atomic E-state index is -0.557. The zero-order valence-corrected chi connectivity index (χ0v) is 14.0. The van der Waals surface area contributed by atoms with Gasteiger partial charge in [0.1, 0.15) is 5.60 Å². The molecule has 1 heterocycles. The molecule has 0 bridgehead atoms. The molecule has 1 spiro atoms. The van der Waals surface area contributed by atoms with Crippen LogP contribution >= 0.6 is 0 Å². The fraction of sp³-hybridized carbons (Fsp3) is 0.706. The SMILES string of the molecule is [C-]#[N+]C1=CC2(CCN(C(=O)OC(C)(C)C)C2)CC(C)(C)C1=O. The molecule has 5 heteroatoms. The number of allylic oxidation sites excluding steroid dienone is 1. The zero-order chi connectivity index (χ0) is 16.8.